The van der Waals surface area contributed by atoms with Gasteiger partial charge in [0, 0.05) is 12.7 Å². The summed E-state index contributed by atoms with van der Waals surface area (Å²) < 4.78 is 0. The zero-order valence-corrected chi connectivity index (χ0v) is 16.8. The lowest BCUT2D eigenvalue weighted by Gasteiger charge is -2.30. The van der Waals surface area contributed by atoms with Gasteiger partial charge in [-0.05, 0) is 66.3 Å². The first-order chi connectivity index (χ1) is 13.8. The summed E-state index contributed by atoms with van der Waals surface area (Å²) >= 11 is 0. The van der Waals surface area contributed by atoms with Crippen LogP contribution in [0.15, 0.2) is 42.6 Å². The van der Waals surface area contributed by atoms with Crippen LogP contribution in [-0.2, 0) is 6.54 Å². The molecule has 2 saturated carbocycles. The van der Waals surface area contributed by atoms with Crippen molar-refractivity contribution < 1.29 is 4.79 Å². The summed E-state index contributed by atoms with van der Waals surface area (Å²) in [5, 5.41) is 3.17. The number of nitrogens with one attached hydrogen (secondary N) is 1. The number of benzene rings is 1. The van der Waals surface area contributed by atoms with E-state index in [1.165, 1.54) is 80.9 Å². The molecule has 4 rings (SSSR count). The van der Waals surface area contributed by atoms with Gasteiger partial charge < -0.3 is 5.32 Å². The molecule has 1 N–H and O–H groups in total. The third-order valence-corrected chi connectivity index (χ3v) is 6.66. The van der Waals surface area contributed by atoms with Crippen molar-refractivity contribution in [2.24, 2.45) is 0 Å². The van der Waals surface area contributed by atoms with Crippen molar-refractivity contribution in [3.8, 4) is 0 Å². The van der Waals surface area contributed by atoms with Crippen LogP contribution in [0.5, 0.6) is 0 Å². The van der Waals surface area contributed by atoms with Crippen molar-refractivity contribution in [3.63, 3.8) is 0 Å². The van der Waals surface area contributed by atoms with Crippen LogP contribution >= 0.6 is 0 Å². The first kappa shape index (κ1) is 19.2. The fourth-order valence-electron chi connectivity index (χ4n) is 5.18. The standard InChI is InChI=1S/C25H32N2O/c28-25(24-16-7-8-17-26-24)27-18-23-21(19-10-3-1-4-11-19)14-9-15-22(23)20-12-5-2-6-13-20/h7-9,14-17,19-20H,1-6,10-13,18H2,(H,27,28). The van der Waals surface area contributed by atoms with E-state index in [4.69, 9.17) is 0 Å². The SMILES string of the molecule is O=C(NCc1c(C2CCCCC2)cccc1C1CCCCC1)c1ccccn1. The fraction of sp³-hybridized carbons (Fsp3) is 0.520. The second kappa shape index (κ2) is 9.36. The van der Waals surface area contributed by atoms with E-state index in [0.29, 0.717) is 24.1 Å². The topological polar surface area (TPSA) is 42.0 Å². The van der Waals surface area contributed by atoms with Crippen LogP contribution < -0.4 is 5.32 Å². The summed E-state index contributed by atoms with van der Waals surface area (Å²) in [6.45, 7) is 0.619. The van der Waals surface area contributed by atoms with Crippen LogP contribution in [-0.4, -0.2) is 10.9 Å². The highest BCUT2D eigenvalue weighted by molar-refractivity contribution is 5.92. The van der Waals surface area contributed by atoms with Crippen molar-refractivity contribution in [2.75, 3.05) is 0 Å². The maximum atomic E-state index is 12.6. The van der Waals surface area contributed by atoms with Crippen LogP contribution in [0.25, 0.3) is 0 Å². The Morgan fingerprint density at radius 2 is 1.43 bits per heavy atom. The summed E-state index contributed by atoms with van der Waals surface area (Å²) in [6.07, 6.45) is 14.9. The molecule has 1 heterocycles. The Labute approximate surface area is 169 Å². The number of pyridine rings is 1. The van der Waals surface area contributed by atoms with Gasteiger partial charge in [0.1, 0.15) is 5.69 Å². The molecule has 2 aromatic rings. The van der Waals surface area contributed by atoms with Gasteiger partial charge in [0.05, 0.1) is 0 Å². The van der Waals surface area contributed by atoms with Crippen molar-refractivity contribution in [3.05, 3.63) is 65.0 Å². The maximum absolute atomic E-state index is 12.6. The molecule has 1 aromatic carbocycles. The summed E-state index contributed by atoms with van der Waals surface area (Å²) in [7, 11) is 0. The zero-order chi connectivity index (χ0) is 19.2. The molecule has 0 aliphatic heterocycles. The Hall–Kier alpha value is -2.16. The molecule has 0 bridgehead atoms. The highest BCUT2D eigenvalue weighted by Gasteiger charge is 2.24. The van der Waals surface area contributed by atoms with Crippen LogP contribution in [0.1, 0.15) is 103 Å². The summed E-state index contributed by atoms with van der Waals surface area (Å²) in [5.41, 5.74) is 4.87. The van der Waals surface area contributed by atoms with Gasteiger partial charge in [-0.25, -0.2) is 0 Å². The van der Waals surface area contributed by atoms with E-state index in [9.17, 15) is 4.79 Å². The summed E-state index contributed by atoms with van der Waals surface area (Å²) in [4.78, 5) is 16.8. The van der Waals surface area contributed by atoms with Gasteiger partial charge in [0.25, 0.3) is 5.91 Å². The second-order valence-electron chi connectivity index (χ2n) is 8.48. The molecule has 0 atom stereocenters. The number of hydrogen-bond acceptors (Lipinski definition) is 2. The van der Waals surface area contributed by atoms with E-state index in [2.05, 4.69) is 28.5 Å². The molecule has 0 unspecified atom stereocenters. The minimum atomic E-state index is -0.0753. The zero-order valence-electron chi connectivity index (χ0n) is 16.8. The Morgan fingerprint density at radius 1 is 0.821 bits per heavy atom. The minimum Gasteiger partial charge on any atom is -0.347 e. The fourth-order valence-corrected chi connectivity index (χ4v) is 5.18. The normalized spacial score (nSPS) is 18.7. The van der Waals surface area contributed by atoms with Gasteiger partial charge in [-0.15, -0.1) is 0 Å². The quantitative estimate of drug-likeness (QED) is 0.684. The molecule has 3 nitrogen and oxygen atoms in total. The van der Waals surface area contributed by atoms with Crippen molar-refractivity contribution in [1.29, 1.82) is 0 Å². The monoisotopic (exact) mass is 376 g/mol. The number of aromatic nitrogens is 1. The Morgan fingerprint density at radius 3 is 1.96 bits per heavy atom. The van der Waals surface area contributed by atoms with Crippen molar-refractivity contribution in [2.45, 2.75) is 82.6 Å². The van der Waals surface area contributed by atoms with Gasteiger partial charge >= 0.3 is 0 Å². The molecule has 3 heteroatoms. The van der Waals surface area contributed by atoms with Gasteiger partial charge in [-0.1, -0.05) is 62.8 Å². The lowest BCUT2D eigenvalue weighted by molar-refractivity contribution is 0.0945. The number of rotatable bonds is 5. The number of carbonyl (C=O) groups is 1. The van der Waals surface area contributed by atoms with E-state index in [1.807, 2.05) is 12.1 Å². The molecule has 0 radical (unpaired) electrons. The van der Waals surface area contributed by atoms with Gasteiger partial charge in [-0.3, -0.25) is 9.78 Å². The molecule has 1 amide bonds. The third kappa shape index (κ3) is 4.45. The molecule has 2 aliphatic rings. The third-order valence-electron chi connectivity index (χ3n) is 6.66. The number of nitrogens with zero attached hydrogens (tertiary/aromatic N) is 1. The molecule has 148 valence electrons. The van der Waals surface area contributed by atoms with Crippen LogP contribution in [0.2, 0.25) is 0 Å². The maximum Gasteiger partial charge on any atom is 0.270 e. The van der Waals surface area contributed by atoms with E-state index >= 15 is 0 Å². The average Bonchev–Trinajstić information content (AvgIpc) is 2.79. The Kier molecular flexibility index (Phi) is 6.41. The number of amides is 1. The van der Waals surface area contributed by atoms with Crippen LogP contribution in [0.4, 0.5) is 0 Å². The van der Waals surface area contributed by atoms with Gasteiger partial charge in [-0.2, -0.15) is 0 Å². The van der Waals surface area contributed by atoms with E-state index in [-0.39, 0.29) is 5.91 Å². The van der Waals surface area contributed by atoms with Gasteiger partial charge in [0.2, 0.25) is 0 Å². The lowest BCUT2D eigenvalue weighted by atomic mass is 9.76. The van der Waals surface area contributed by atoms with E-state index in [0.717, 1.165) is 0 Å². The summed E-state index contributed by atoms with van der Waals surface area (Å²) in [5.74, 6) is 1.23. The minimum absolute atomic E-state index is 0.0753. The van der Waals surface area contributed by atoms with Crippen LogP contribution in [0, 0.1) is 0 Å². The van der Waals surface area contributed by atoms with E-state index < -0.39 is 0 Å². The molecule has 0 saturated heterocycles. The Balaban J connectivity index is 1.60. The molecular formula is C25H32N2O. The predicted octanol–water partition coefficient (Wildman–Crippen LogP) is 6.11. The molecule has 0 spiro atoms. The van der Waals surface area contributed by atoms with Crippen molar-refractivity contribution in [1.82, 2.24) is 10.3 Å². The molecule has 2 aliphatic carbocycles. The highest BCUT2D eigenvalue weighted by Crippen LogP contribution is 2.40. The van der Waals surface area contributed by atoms with Crippen molar-refractivity contribution >= 4 is 5.91 Å². The number of hydrogen-bond donors (Lipinski definition) is 1. The highest BCUT2D eigenvalue weighted by atomic mass is 16.1. The average molecular weight is 377 g/mol. The first-order valence-electron chi connectivity index (χ1n) is 11.1. The first-order valence-corrected chi connectivity index (χ1v) is 11.1. The van der Waals surface area contributed by atoms with Crippen LogP contribution in [0.3, 0.4) is 0 Å². The molecule has 28 heavy (non-hydrogen) atoms. The van der Waals surface area contributed by atoms with Gasteiger partial charge in [0.15, 0.2) is 0 Å². The summed E-state index contributed by atoms with van der Waals surface area (Å²) in [6, 6.07) is 12.4. The second-order valence-corrected chi connectivity index (χ2v) is 8.48. The van der Waals surface area contributed by atoms with E-state index in [1.54, 1.807) is 12.3 Å². The predicted molar refractivity (Wildman–Crippen MR) is 114 cm³/mol. The largest absolute Gasteiger partial charge is 0.347 e. The molecular weight excluding hydrogens is 344 g/mol. The smallest absolute Gasteiger partial charge is 0.270 e. The Bertz CT molecular complexity index is 738. The molecule has 2 fully saturated rings. The lowest BCUT2D eigenvalue weighted by Crippen LogP contribution is -2.26. The number of carbonyl (C=O) groups excluding carboxylic acids is 1. The molecule has 1 aromatic heterocycles.